The van der Waals surface area contributed by atoms with Gasteiger partial charge in [0.25, 0.3) is 0 Å². The minimum Gasteiger partial charge on any atom is -0.462 e. The molecule has 0 bridgehead atoms. The first kappa shape index (κ1) is 38.7. The van der Waals surface area contributed by atoms with Gasteiger partial charge >= 0.3 is 5.97 Å². The van der Waals surface area contributed by atoms with E-state index in [-0.39, 0.29) is 12.1 Å². The third kappa shape index (κ3) is 10.7. The molecule has 3 fully saturated rings. The highest BCUT2D eigenvalue weighted by Crippen LogP contribution is 2.67. The lowest BCUT2D eigenvalue weighted by Crippen LogP contribution is -2.51. The first-order valence-corrected chi connectivity index (χ1v) is 21.2. The SMILES string of the molecule is CCCCCCCC/C=C/CCCCCCC[14C](=O)O[C@H]1CC[C@@]2(C)C(=CCC3C2CC[C@@]2(C)C3CC[C@@H]2C(C)CCCC(C)C)C1. The predicted octanol–water partition coefficient (Wildman–Crippen LogP) is 14.0. The molecule has 4 aliphatic rings. The fourth-order valence-electron chi connectivity index (χ4n) is 11.3. The number of allylic oxidation sites excluding steroid dienone is 3. The molecule has 0 N–H and O–H groups in total. The zero-order chi connectivity index (χ0) is 33.7. The van der Waals surface area contributed by atoms with Crippen molar-refractivity contribution in [2.75, 3.05) is 0 Å². The molecule has 0 aromatic carbocycles. The van der Waals surface area contributed by atoms with E-state index >= 15 is 0 Å². The maximum Gasteiger partial charge on any atom is 0.306 e. The number of rotatable bonds is 21. The van der Waals surface area contributed by atoms with Crippen LogP contribution in [-0.4, -0.2) is 12.1 Å². The molecule has 0 radical (unpaired) electrons. The van der Waals surface area contributed by atoms with E-state index < -0.39 is 0 Å². The standard InChI is InChI=1S/C45H78O2/c1-7-8-9-10-11-12-13-14-15-16-17-18-19-20-21-25-43(46)47-38-30-32-44(5)37(34-38)26-27-39-41-29-28-40(36(4)24-22-23-35(2)3)45(41,6)33-31-42(39)44/h14-15,26,35-36,38-42H,7-13,16-25,27-34H2,1-6H3/b15-14+/t36?,38-,39?,40+,41?,42?,44-,45+/m0/s1/i43+2. The predicted molar refractivity (Wildman–Crippen MR) is 202 cm³/mol. The van der Waals surface area contributed by atoms with Gasteiger partial charge in [-0.05, 0) is 123 Å². The van der Waals surface area contributed by atoms with Crippen molar-refractivity contribution in [3.63, 3.8) is 0 Å². The number of ether oxygens (including phenoxy) is 1. The number of esters is 1. The molecule has 4 unspecified atom stereocenters. The van der Waals surface area contributed by atoms with Crippen molar-refractivity contribution in [3.05, 3.63) is 23.8 Å². The molecule has 0 aliphatic heterocycles. The molecule has 4 rings (SSSR count). The molecule has 0 saturated heterocycles. The summed E-state index contributed by atoms with van der Waals surface area (Å²) in [5.41, 5.74) is 2.53. The maximum absolute atomic E-state index is 12.8. The molecular formula is C45H78O2. The van der Waals surface area contributed by atoms with E-state index in [4.69, 9.17) is 4.74 Å². The van der Waals surface area contributed by atoms with Crippen LogP contribution in [0, 0.1) is 46.3 Å². The molecule has 0 amide bonds. The molecule has 0 aromatic heterocycles. The molecule has 4 aliphatic carbocycles. The van der Waals surface area contributed by atoms with Crippen LogP contribution in [0.5, 0.6) is 0 Å². The van der Waals surface area contributed by atoms with Gasteiger partial charge in [-0.1, -0.05) is 136 Å². The van der Waals surface area contributed by atoms with Gasteiger partial charge in [0, 0.05) is 12.8 Å². The summed E-state index contributed by atoms with van der Waals surface area (Å²) in [4.78, 5) is 12.8. The van der Waals surface area contributed by atoms with Crippen LogP contribution in [0.1, 0.15) is 202 Å². The smallest absolute Gasteiger partial charge is 0.306 e. The largest absolute Gasteiger partial charge is 0.462 e. The molecule has 0 aromatic rings. The molecule has 2 heteroatoms. The zero-order valence-electron chi connectivity index (χ0n) is 32.3. The van der Waals surface area contributed by atoms with Gasteiger partial charge in [0.05, 0.1) is 0 Å². The Kier molecular flexibility index (Phi) is 16.0. The molecule has 3 saturated carbocycles. The third-order valence-electron chi connectivity index (χ3n) is 14.2. The van der Waals surface area contributed by atoms with Crippen molar-refractivity contribution in [2.24, 2.45) is 46.3 Å². The van der Waals surface area contributed by atoms with Crippen LogP contribution in [0.4, 0.5) is 0 Å². The average molecular weight is 653 g/mol. The molecule has 2 nitrogen and oxygen atoms in total. The number of hydrogen-bond donors (Lipinski definition) is 0. The summed E-state index contributed by atoms with van der Waals surface area (Å²) >= 11 is 0. The van der Waals surface area contributed by atoms with Gasteiger partial charge in [0.1, 0.15) is 6.10 Å². The van der Waals surface area contributed by atoms with Gasteiger partial charge in [-0.2, -0.15) is 0 Å². The van der Waals surface area contributed by atoms with E-state index in [0.717, 1.165) is 61.2 Å². The van der Waals surface area contributed by atoms with Gasteiger partial charge in [0.15, 0.2) is 0 Å². The highest BCUT2D eigenvalue weighted by Gasteiger charge is 2.59. The van der Waals surface area contributed by atoms with Crippen molar-refractivity contribution < 1.29 is 9.53 Å². The summed E-state index contributed by atoms with van der Waals surface area (Å²) < 4.78 is 6.12. The lowest BCUT2D eigenvalue weighted by molar-refractivity contribution is -0.151. The minimum atomic E-state index is 0.0541. The summed E-state index contributed by atoms with van der Waals surface area (Å²) in [6, 6.07) is 0. The number of carbonyl (C=O) groups is 1. The van der Waals surface area contributed by atoms with Crippen molar-refractivity contribution in [3.8, 4) is 0 Å². The van der Waals surface area contributed by atoms with Crippen LogP contribution < -0.4 is 0 Å². The van der Waals surface area contributed by atoms with Gasteiger partial charge in [-0.15, -0.1) is 0 Å². The van der Waals surface area contributed by atoms with Crippen molar-refractivity contribution in [1.29, 1.82) is 0 Å². The molecule has 0 spiro atoms. The summed E-state index contributed by atoms with van der Waals surface area (Å²) in [6.07, 6.45) is 39.5. The van der Waals surface area contributed by atoms with Crippen LogP contribution in [0.25, 0.3) is 0 Å². The minimum absolute atomic E-state index is 0.0541. The Morgan fingerprint density at radius 2 is 1.49 bits per heavy atom. The average Bonchev–Trinajstić information content (AvgIpc) is 3.40. The summed E-state index contributed by atoms with van der Waals surface area (Å²) in [5, 5.41) is 0. The maximum atomic E-state index is 12.8. The monoisotopic (exact) mass is 653 g/mol. The first-order valence-electron chi connectivity index (χ1n) is 21.2. The molecule has 0 heterocycles. The topological polar surface area (TPSA) is 26.3 Å². The Balaban J connectivity index is 1.12. The van der Waals surface area contributed by atoms with Crippen LogP contribution in [-0.2, 0) is 9.53 Å². The second-order valence-corrected chi connectivity index (χ2v) is 18.0. The lowest BCUT2D eigenvalue weighted by atomic mass is 9.47. The lowest BCUT2D eigenvalue weighted by Gasteiger charge is -2.58. The third-order valence-corrected chi connectivity index (χ3v) is 14.2. The molecule has 270 valence electrons. The van der Waals surface area contributed by atoms with Gasteiger partial charge in [-0.25, -0.2) is 0 Å². The van der Waals surface area contributed by atoms with E-state index in [1.807, 2.05) is 0 Å². The van der Waals surface area contributed by atoms with E-state index in [2.05, 4.69) is 59.8 Å². The Morgan fingerprint density at radius 3 is 2.19 bits per heavy atom. The summed E-state index contributed by atoms with van der Waals surface area (Å²) in [5.74, 6) is 5.31. The van der Waals surface area contributed by atoms with Gasteiger partial charge in [0.2, 0.25) is 0 Å². The van der Waals surface area contributed by atoms with Gasteiger partial charge < -0.3 is 4.74 Å². The molecular weight excluding hydrogens is 574 g/mol. The number of fused-ring (bicyclic) bond motifs is 5. The van der Waals surface area contributed by atoms with E-state index in [1.165, 1.54) is 128 Å². The van der Waals surface area contributed by atoms with Crippen LogP contribution in [0.2, 0.25) is 0 Å². The van der Waals surface area contributed by atoms with Crippen LogP contribution in [0.3, 0.4) is 0 Å². The van der Waals surface area contributed by atoms with E-state index in [9.17, 15) is 4.79 Å². The highest BCUT2D eigenvalue weighted by molar-refractivity contribution is 5.69. The van der Waals surface area contributed by atoms with Crippen LogP contribution in [0.15, 0.2) is 23.8 Å². The van der Waals surface area contributed by atoms with E-state index in [1.54, 1.807) is 5.57 Å². The summed E-state index contributed by atoms with van der Waals surface area (Å²) in [6.45, 7) is 14.9. The first-order chi connectivity index (χ1) is 22.7. The number of hydrogen-bond acceptors (Lipinski definition) is 2. The Morgan fingerprint density at radius 1 is 0.809 bits per heavy atom. The van der Waals surface area contributed by atoms with Crippen LogP contribution >= 0.6 is 0 Å². The van der Waals surface area contributed by atoms with Gasteiger partial charge in [-0.3, -0.25) is 4.79 Å². The fourth-order valence-corrected chi connectivity index (χ4v) is 11.3. The van der Waals surface area contributed by atoms with Crippen molar-refractivity contribution >= 4 is 5.97 Å². The molecule has 8 atom stereocenters. The van der Waals surface area contributed by atoms with Crippen molar-refractivity contribution in [2.45, 2.75) is 208 Å². The Labute approximate surface area is 293 Å². The van der Waals surface area contributed by atoms with Crippen molar-refractivity contribution in [1.82, 2.24) is 0 Å². The van der Waals surface area contributed by atoms with E-state index in [0.29, 0.717) is 17.3 Å². The Bertz CT molecular complexity index is 976. The fraction of sp³-hybridized carbons (Fsp3) is 0.889. The Hall–Kier alpha value is -1.05. The zero-order valence-corrected chi connectivity index (χ0v) is 32.3. The summed E-state index contributed by atoms with van der Waals surface area (Å²) in [7, 11) is 0. The highest BCUT2D eigenvalue weighted by atomic mass is 16.8. The second kappa shape index (κ2) is 19.4. The quantitative estimate of drug-likeness (QED) is 0.0700. The number of unbranched alkanes of at least 4 members (excludes halogenated alkanes) is 11. The normalized spacial score (nSPS) is 32.6. The number of carbonyl (C=O) groups excluding carboxylic acids is 1. The molecule has 47 heavy (non-hydrogen) atoms. The second-order valence-electron chi connectivity index (χ2n) is 18.0.